The molecule has 0 saturated carbocycles. The minimum absolute atomic E-state index is 0.115. The van der Waals surface area contributed by atoms with Crippen LogP contribution in [0.2, 0.25) is 0 Å². The van der Waals surface area contributed by atoms with E-state index in [9.17, 15) is 14.7 Å². The van der Waals surface area contributed by atoms with Crippen LogP contribution in [0.4, 0.5) is 10.5 Å². The highest BCUT2D eigenvalue weighted by Gasteiger charge is 2.24. The van der Waals surface area contributed by atoms with Crippen molar-refractivity contribution in [3.8, 4) is 0 Å². The fraction of sp³-hybridized carbons (Fsp3) is 0.438. The molecule has 0 radical (unpaired) electrons. The fourth-order valence-electron chi connectivity index (χ4n) is 1.79. The van der Waals surface area contributed by atoms with Crippen LogP contribution < -0.4 is 11.1 Å². The van der Waals surface area contributed by atoms with Crippen LogP contribution in [0.1, 0.15) is 26.3 Å². The molecule has 0 fully saturated rings. The van der Waals surface area contributed by atoms with Gasteiger partial charge >= 0.3 is 12.1 Å². The average molecular weight is 356 g/mol. The first-order chi connectivity index (χ1) is 11.1. The number of hydrogen-bond acceptors (Lipinski definition) is 4. The first kappa shape index (κ1) is 19.8. The molecule has 132 valence electrons. The third-order valence-corrected chi connectivity index (χ3v) is 3.05. The summed E-state index contributed by atoms with van der Waals surface area (Å²) >= 11 is 5.56. The van der Waals surface area contributed by atoms with Crippen molar-refractivity contribution in [2.75, 3.05) is 5.88 Å². The number of hydrogen-bond donors (Lipinski definition) is 3. The molecule has 0 heterocycles. The summed E-state index contributed by atoms with van der Waals surface area (Å²) in [5.41, 5.74) is 6.19. The standard InChI is InChI=1S/C16H22ClN3O4/c1-16(2,3)24-15(23)20-12(14(21)22)8-10-4-6-11(7-5-10)19-13(18)9-17/h4-7,12H,8-9H2,1-3H3,(H2,18,19)(H,20,23)(H,21,22). The van der Waals surface area contributed by atoms with Crippen LogP contribution in [0.5, 0.6) is 0 Å². The predicted octanol–water partition coefficient (Wildman–Crippen LogP) is 2.43. The molecule has 0 aliphatic carbocycles. The molecule has 8 heteroatoms. The van der Waals surface area contributed by atoms with Crippen LogP contribution in [-0.4, -0.2) is 40.5 Å². The quantitative estimate of drug-likeness (QED) is 0.412. The Labute approximate surface area is 145 Å². The number of carboxylic acid groups (broad SMARTS) is 1. The van der Waals surface area contributed by atoms with E-state index in [2.05, 4.69) is 10.3 Å². The Morgan fingerprint density at radius 3 is 2.38 bits per heavy atom. The minimum atomic E-state index is -1.14. The molecule has 0 bridgehead atoms. The van der Waals surface area contributed by atoms with Crippen LogP contribution in [0.25, 0.3) is 0 Å². The van der Waals surface area contributed by atoms with E-state index in [1.165, 1.54) is 0 Å². The molecule has 1 amide bonds. The van der Waals surface area contributed by atoms with Crippen molar-refractivity contribution < 1.29 is 19.4 Å². The van der Waals surface area contributed by atoms with Gasteiger partial charge in [0.15, 0.2) is 0 Å². The second-order valence-corrected chi connectivity index (χ2v) is 6.41. The van der Waals surface area contributed by atoms with Crippen molar-refractivity contribution in [3.05, 3.63) is 29.8 Å². The highest BCUT2D eigenvalue weighted by molar-refractivity contribution is 6.28. The Kier molecular flexibility index (Phi) is 7.03. The molecular formula is C16H22ClN3O4. The van der Waals surface area contributed by atoms with Crippen LogP contribution in [0.3, 0.4) is 0 Å². The van der Waals surface area contributed by atoms with Crippen LogP contribution in [0.15, 0.2) is 29.3 Å². The number of nitrogens with two attached hydrogens (primary N) is 1. The van der Waals surface area contributed by atoms with Crippen LogP contribution >= 0.6 is 11.6 Å². The number of aliphatic imine (C=N–C) groups is 1. The van der Waals surface area contributed by atoms with Crippen molar-refractivity contribution in [3.63, 3.8) is 0 Å². The van der Waals surface area contributed by atoms with Crippen molar-refractivity contribution >= 4 is 35.2 Å². The number of nitrogens with zero attached hydrogens (tertiary/aromatic N) is 1. The van der Waals surface area contributed by atoms with E-state index in [1.54, 1.807) is 45.0 Å². The molecule has 1 atom stereocenters. The van der Waals surface area contributed by atoms with Gasteiger partial charge in [0, 0.05) is 6.42 Å². The lowest BCUT2D eigenvalue weighted by atomic mass is 10.1. The summed E-state index contributed by atoms with van der Waals surface area (Å²) in [5.74, 6) is -0.725. The maximum absolute atomic E-state index is 11.7. The van der Waals surface area contributed by atoms with E-state index >= 15 is 0 Å². The number of amidine groups is 1. The van der Waals surface area contributed by atoms with E-state index < -0.39 is 23.7 Å². The van der Waals surface area contributed by atoms with E-state index in [0.29, 0.717) is 11.5 Å². The predicted molar refractivity (Wildman–Crippen MR) is 92.9 cm³/mol. The van der Waals surface area contributed by atoms with E-state index in [4.69, 9.17) is 22.1 Å². The molecule has 0 aromatic heterocycles. The van der Waals surface area contributed by atoms with Gasteiger partial charge in [0.25, 0.3) is 0 Å². The number of alkyl carbamates (subject to hydrolysis) is 1. The summed E-state index contributed by atoms with van der Waals surface area (Å²) in [4.78, 5) is 27.1. The van der Waals surface area contributed by atoms with Crippen molar-refractivity contribution in [2.24, 2.45) is 10.7 Å². The number of halogens is 1. The van der Waals surface area contributed by atoms with E-state index in [-0.39, 0.29) is 12.3 Å². The van der Waals surface area contributed by atoms with Gasteiger partial charge in [-0.2, -0.15) is 0 Å². The number of carbonyl (C=O) groups excluding carboxylic acids is 1. The lowest BCUT2D eigenvalue weighted by molar-refractivity contribution is -0.139. The minimum Gasteiger partial charge on any atom is -0.480 e. The molecule has 1 rings (SSSR count). The van der Waals surface area contributed by atoms with Crippen molar-refractivity contribution in [2.45, 2.75) is 38.8 Å². The van der Waals surface area contributed by atoms with Gasteiger partial charge in [-0.3, -0.25) is 0 Å². The molecule has 4 N–H and O–H groups in total. The van der Waals surface area contributed by atoms with Gasteiger partial charge in [-0.25, -0.2) is 14.6 Å². The number of ether oxygens (including phenoxy) is 1. The summed E-state index contributed by atoms with van der Waals surface area (Å²) in [6, 6.07) is 5.73. The Hall–Kier alpha value is -2.28. The molecular weight excluding hydrogens is 334 g/mol. The van der Waals surface area contributed by atoms with E-state index in [0.717, 1.165) is 5.56 Å². The zero-order valence-corrected chi connectivity index (χ0v) is 14.6. The number of rotatable bonds is 6. The highest BCUT2D eigenvalue weighted by atomic mass is 35.5. The number of nitrogens with one attached hydrogen (secondary N) is 1. The molecule has 1 aromatic rings. The van der Waals surface area contributed by atoms with Gasteiger partial charge in [0.1, 0.15) is 17.5 Å². The molecule has 7 nitrogen and oxygen atoms in total. The van der Waals surface area contributed by atoms with Crippen molar-refractivity contribution in [1.29, 1.82) is 0 Å². The fourth-order valence-corrected chi connectivity index (χ4v) is 1.85. The molecule has 1 unspecified atom stereocenters. The number of alkyl halides is 1. The summed E-state index contributed by atoms with van der Waals surface area (Å²) in [7, 11) is 0. The highest BCUT2D eigenvalue weighted by Crippen LogP contribution is 2.15. The Balaban J connectivity index is 2.75. The number of amides is 1. The summed E-state index contributed by atoms with van der Waals surface area (Å²) in [5, 5.41) is 11.6. The van der Waals surface area contributed by atoms with Gasteiger partial charge in [0.2, 0.25) is 0 Å². The third-order valence-electron chi connectivity index (χ3n) is 2.77. The van der Waals surface area contributed by atoms with Crippen LogP contribution in [-0.2, 0) is 16.0 Å². The topological polar surface area (TPSA) is 114 Å². The van der Waals surface area contributed by atoms with Gasteiger partial charge in [-0.1, -0.05) is 12.1 Å². The molecule has 0 saturated heterocycles. The number of aliphatic carboxylic acids is 1. The molecule has 24 heavy (non-hydrogen) atoms. The summed E-state index contributed by atoms with van der Waals surface area (Å²) in [6.07, 6.45) is -0.658. The Morgan fingerprint density at radius 2 is 1.92 bits per heavy atom. The largest absolute Gasteiger partial charge is 0.480 e. The molecule has 0 aliphatic rings. The van der Waals surface area contributed by atoms with Gasteiger partial charge in [-0.15, -0.1) is 11.6 Å². The van der Waals surface area contributed by atoms with Gasteiger partial charge in [-0.05, 0) is 38.5 Å². The SMILES string of the molecule is CC(C)(C)OC(=O)NC(Cc1ccc(N=C(N)CCl)cc1)C(=O)O. The van der Waals surface area contributed by atoms with Crippen molar-refractivity contribution in [1.82, 2.24) is 5.32 Å². The Bertz CT molecular complexity index is 609. The van der Waals surface area contributed by atoms with Crippen LogP contribution in [0, 0.1) is 0 Å². The first-order valence-corrected chi connectivity index (χ1v) is 7.84. The first-order valence-electron chi connectivity index (χ1n) is 7.31. The number of carboxylic acids is 1. The Morgan fingerprint density at radius 1 is 1.33 bits per heavy atom. The lowest BCUT2D eigenvalue weighted by Gasteiger charge is -2.22. The maximum Gasteiger partial charge on any atom is 0.408 e. The normalized spacial score (nSPS) is 13.2. The number of carbonyl (C=O) groups is 2. The zero-order chi connectivity index (χ0) is 18.3. The second kappa shape index (κ2) is 8.54. The number of benzene rings is 1. The smallest absolute Gasteiger partial charge is 0.408 e. The zero-order valence-electron chi connectivity index (χ0n) is 13.9. The average Bonchev–Trinajstić information content (AvgIpc) is 2.46. The second-order valence-electron chi connectivity index (χ2n) is 6.14. The summed E-state index contributed by atoms with van der Waals surface area (Å²) < 4.78 is 5.07. The lowest BCUT2D eigenvalue weighted by Crippen LogP contribution is -2.44. The van der Waals surface area contributed by atoms with Gasteiger partial charge < -0.3 is 20.9 Å². The molecule has 0 aliphatic heterocycles. The van der Waals surface area contributed by atoms with Gasteiger partial charge in [0.05, 0.1) is 11.6 Å². The van der Waals surface area contributed by atoms with E-state index in [1.807, 2.05) is 0 Å². The summed E-state index contributed by atoms with van der Waals surface area (Å²) in [6.45, 7) is 5.11. The monoisotopic (exact) mass is 355 g/mol. The maximum atomic E-state index is 11.7. The third kappa shape index (κ3) is 7.32. The molecule has 1 aromatic carbocycles. The molecule has 0 spiro atoms.